The first-order valence-electron chi connectivity index (χ1n) is 9.82. The van der Waals surface area contributed by atoms with E-state index in [2.05, 4.69) is 22.5 Å². The molecule has 0 spiro atoms. The minimum atomic E-state index is -1.28. The summed E-state index contributed by atoms with van der Waals surface area (Å²) in [6.07, 6.45) is 3.62. The number of aliphatic hydroxyl groups excluding tert-OH is 1. The fourth-order valence-electron chi connectivity index (χ4n) is 4.54. The van der Waals surface area contributed by atoms with E-state index in [-0.39, 0.29) is 24.3 Å². The Morgan fingerprint density at radius 1 is 1.43 bits per heavy atom. The summed E-state index contributed by atoms with van der Waals surface area (Å²) in [6, 6.07) is 6.70. The highest BCUT2D eigenvalue weighted by molar-refractivity contribution is 6.01. The van der Waals surface area contributed by atoms with E-state index >= 15 is 0 Å². The van der Waals surface area contributed by atoms with E-state index in [4.69, 9.17) is 0 Å². The van der Waals surface area contributed by atoms with Crippen LogP contribution in [0.15, 0.2) is 24.3 Å². The van der Waals surface area contributed by atoms with E-state index in [0.29, 0.717) is 24.9 Å². The lowest BCUT2D eigenvalue weighted by Gasteiger charge is -2.53. The molecule has 1 aliphatic heterocycles. The molecule has 28 heavy (non-hydrogen) atoms. The fraction of sp³-hybridized carbons (Fsp3) is 0.524. The molecule has 3 rings (SSSR count). The van der Waals surface area contributed by atoms with Gasteiger partial charge in [0.05, 0.1) is 6.61 Å². The number of amides is 2. The number of carbonyl (C=O) groups is 3. The van der Waals surface area contributed by atoms with Crippen LogP contribution in [0.5, 0.6) is 0 Å². The number of rotatable bonds is 7. The van der Waals surface area contributed by atoms with Gasteiger partial charge in [-0.25, -0.2) is 0 Å². The molecule has 1 fully saturated rings. The number of likely N-dealkylation sites (tertiary alicyclic amines) is 1. The summed E-state index contributed by atoms with van der Waals surface area (Å²) in [4.78, 5) is 39.9. The van der Waals surface area contributed by atoms with Gasteiger partial charge in [-0.15, -0.1) is 0 Å². The summed E-state index contributed by atoms with van der Waals surface area (Å²) in [6.45, 7) is 4.88. The highest BCUT2D eigenvalue weighted by Crippen LogP contribution is 2.46. The van der Waals surface area contributed by atoms with Gasteiger partial charge in [0.2, 0.25) is 12.3 Å². The third-order valence-corrected chi connectivity index (χ3v) is 5.82. The summed E-state index contributed by atoms with van der Waals surface area (Å²) < 4.78 is 0. The Labute approximate surface area is 165 Å². The van der Waals surface area contributed by atoms with Crippen molar-refractivity contribution in [1.29, 1.82) is 0 Å². The van der Waals surface area contributed by atoms with Crippen molar-refractivity contribution in [3.8, 4) is 0 Å². The summed E-state index contributed by atoms with van der Waals surface area (Å²) in [7, 11) is 0. The molecule has 1 heterocycles. The lowest BCUT2D eigenvalue weighted by Crippen LogP contribution is -2.70. The average molecular weight is 386 g/mol. The zero-order valence-electron chi connectivity index (χ0n) is 16.4. The molecule has 2 amide bonds. The molecular weight excluding hydrogens is 358 g/mol. The van der Waals surface area contributed by atoms with Crippen molar-refractivity contribution in [3.05, 3.63) is 41.8 Å². The second-order valence-corrected chi connectivity index (χ2v) is 7.65. The van der Waals surface area contributed by atoms with Crippen molar-refractivity contribution < 1.29 is 19.5 Å². The number of nitrogens with one attached hydrogen (secondary N) is 2. The Hall–Kier alpha value is -2.25. The van der Waals surface area contributed by atoms with Crippen LogP contribution < -0.4 is 10.6 Å². The number of fused-ring (bicyclic) bond motifs is 3. The molecule has 0 bridgehead atoms. The zero-order valence-corrected chi connectivity index (χ0v) is 16.4. The van der Waals surface area contributed by atoms with E-state index in [0.717, 1.165) is 18.5 Å². The number of hydrogen-bond acceptors (Lipinski definition) is 5. The van der Waals surface area contributed by atoms with Gasteiger partial charge >= 0.3 is 0 Å². The van der Waals surface area contributed by atoms with Gasteiger partial charge in [-0.1, -0.05) is 31.2 Å². The van der Waals surface area contributed by atoms with Gasteiger partial charge in [0, 0.05) is 43.0 Å². The standard InChI is InChI=1S/C21H28N3O4/c1-3-9-24-10-8-21(22-13-26,20(28)23-14(2)12-25)19-16-7-5-4-6-15(16)18(27)11-17(19)24/h4-8,13-14,17,19,25H,3,9-12H2,1-2H3,(H,22,26)(H,23,28). The summed E-state index contributed by atoms with van der Waals surface area (Å²) >= 11 is 0. The molecule has 1 aliphatic carbocycles. The predicted molar refractivity (Wildman–Crippen MR) is 105 cm³/mol. The average Bonchev–Trinajstić information content (AvgIpc) is 2.70. The second kappa shape index (κ2) is 8.41. The molecule has 0 aromatic heterocycles. The summed E-state index contributed by atoms with van der Waals surface area (Å²) in [5.74, 6) is -0.696. The highest BCUT2D eigenvalue weighted by atomic mass is 16.3. The van der Waals surface area contributed by atoms with Gasteiger partial charge in [0.1, 0.15) is 5.54 Å². The summed E-state index contributed by atoms with van der Waals surface area (Å²) in [5.41, 5.74) is 0.106. The number of Topliss-reactive ketones (excluding diaryl/α,β-unsaturated/α-hetero) is 1. The van der Waals surface area contributed by atoms with Gasteiger partial charge in [-0.05, 0) is 25.5 Å². The molecular formula is C21H28N3O4. The van der Waals surface area contributed by atoms with E-state index < -0.39 is 17.5 Å². The Balaban J connectivity index is 2.12. The molecule has 7 heteroatoms. The topological polar surface area (TPSA) is 98.7 Å². The lowest BCUT2D eigenvalue weighted by molar-refractivity contribution is -0.133. The quantitative estimate of drug-likeness (QED) is 0.597. The number of carbonyl (C=O) groups excluding carboxylic acids is 3. The highest BCUT2D eigenvalue weighted by Gasteiger charge is 2.56. The molecule has 151 valence electrons. The molecule has 2 aliphatic rings. The SMILES string of the molecule is CCCN1C[CH]C(NC=O)(C(=O)NC(C)CO)C2c3ccccc3C(=O)CC21. The van der Waals surface area contributed by atoms with Crippen molar-refractivity contribution >= 4 is 18.1 Å². The van der Waals surface area contributed by atoms with Crippen LogP contribution in [-0.2, 0) is 9.59 Å². The van der Waals surface area contributed by atoms with E-state index in [1.165, 1.54) is 0 Å². The maximum absolute atomic E-state index is 13.3. The number of benzene rings is 1. The van der Waals surface area contributed by atoms with Gasteiger partial charge < -0.3 is 15.7 Å². The van der Waals surface area contributed by atoms with Crippen LogP contribution in [0.4, 0.5) is 0 Å². The lowest BCUT2D eigenvalue weighted by atomic mass is 9.63. The second-order valence-electron chi connectivity index (χ2n) is 7.65. The van der Waals surface area contributed by atoms with Gasteiger partial charge in [0.15, 0.2) is 5.78 Å². The number of hydrogen-bond donors (Lipinski definition) is 3. The van der Waals surface area contributed by atoms with Crippen LogP contribution in [0.3, 0.4) is 0 Å². The molecule has 3 N–H and O–H groups in total. The molecule has 1 saturated heterocycles. The Kier molecular flexibility index (Phi) is 6.15. The van der Waals surface area contributed by atoms with Crippen molar-refractivity contribution in [2.45, 2.75) is 50.2 Å². The van der Waals surface area contributed by atoms with Crippen LogP contribution in [-0.4, -0.2) is 65.4 Å². The fourth-order valence-corrected chi connectivity index (χ4v) is 4.54. The third-order valence-electron chi connectivity index (χ3n) is 5.82. The molecule has 1 radical (unpaired) electrons. The number of piperidine rings is 1. The van der Waals surface area contributed by atoms with Crippen LogP contribution in [0.25, 0.3) is 0 Å². The molecule has 1 aromatic rings. The smallest absolute Gasteiger partial charge is 0.247 e. The maximum Gasteiger partial charge on any atom is 0.247 e. The van der Waals surface area contributed by atoms with Crippen LogP contribution in [0, 0.1) is 6.42 Å². The van der Waals surface area contributed by atoms with Crippen molar-refractivity contribution in [2.24, 2.45) is 0 Å². The van der Waals surface area contributed by atoms with E-state index in [9.17, 15) is 19.5 Å². The van der Waals surface area contributed by atoms with Gasteiger partial charge in [-0.2, -0.15) is 0 Å². The minimum Gasteiger partial charge on any atom is -0.394 e. The Morgan fingerprint density at radius 3 is 2.86 bits per heavy atom. The largest absolute Gasteiger partial charge is 0.394 e. The monoisotopic (exact) mass is 386 g/mol. The number of ketones is 1. The molecule has 4 atom stereocenters. The zero-order chi connectivity index (χ0) is 20.3. The van der Waals surface area contributed by atoms with Crippen LogP contribution in [0.1, 0.15) is 48.5 Å². The first kappa shape index (κ1) is 20.5. The molecule has 1 aromatic carbocycles. The van der Waals surface area contributed by atoms with Gasteiger partial charge in [-0.3, -0.25) is 19.3 Å². The number of nitrogens with zero attached hydrogens (tertiary/aromatic N) is 1. The Bertz CT molecular complexity index is 753. The van der Waals surface area contributed by atoms with Crippen molar-refractivity contribution in [3.63, 3.8) is 0 Å². The van der Waals surface area contributed by atoms with Crippen molar-refractivity contribution in [1.82, 2.24) is 15.5 Å². The van der Waals surface area contributed by atoms with Crippen molar-refractivity contribution in [2.75, 3.05) is 19.7 Å². The summed E-state index contributed by atoms with van der Waals surface area (Å²) in [5, 5.41) is 14.9. The van der Waals surface area contributed by atoms with E-state index in [1.807, 2.05) is 24.6 Å². The molecule has 7 nitrogen and oxygen atoms in total. The van der Waals surface area contributed by atoms with Crippen LogP contribution >= 0.6 is 0 Å². The normalized spacial score (nSPS) is 28.0. The third kappa shape index (κ3) is 3.44. The maximum atomic E-state index is 13.3. The van der Waals surface area contributed by atoms with Crippen LogP contribution in [0.2, 0.25) is 0 Å². The number of aliphatic hydroxyl groups is 1. The predicted octanol–water partition coefficient (Wildman–Crippen LogP) is 0.637. The van der Waals surface area contributed by atoms with Gasteiger partial charge in [0.25, 0.3) is 0 Å². The first-order chi connectivity index (χ1) is 13.5. The van der Waals surface area contributed by atoms with E-state index in [1.54, 1.807) is 13.0 Å². The Morgan fingerprint density at radius 2 is 2.18 bits per heavy atom. The first-order valence-corrected chi connectivity index (χ1v) is 9.82. The minimum absolute atomic E-state index is 0.0593. The molecule has 0 saturated carbocycles. The molecule has 4 unspecified atom stereocenters.